The van der Waals surface area contributed by atoms with Gasteiger partial charge in [-0.25, -0.2) is 10.9 Å². The Balaban J connectivity index is 1.77. The molecule has 142 valence electrons. The van der Waals surface area contributed by atoms with Crippen LogP contribution in [0.4, 0.5) is 18.9 Å². The van der Waals surface area contributed by atoms with Crippen LogP contribution in [0.2, 0.25) is 5.02 Å². The van der Waals surface area contributed by atoms with Gasteiger partial charge in [0.05, 0.1) is 22.3 Å². The highest BCUT2D eigenvalue weighted by Gasteiger charge is 2.30. The molecular weight excluding hydrogens is 397 g/mol. The number of hydrogen-bond acceptors (Lipinski definition) is 5. The molecule has 0 saturated carbocycles. The molecule has 2 aromatic carbocycles. The lowest BCUT2D eigenvalue weighted by Crippen LogP contribution is -2.37. The summed E-state index contributed by atoms with van der Waals surface area (Å²) in [5, 5.41) is 13.1. The Hall–Kier alpha value is -3.24. The molecular formula is C17H10ClF3N6O. The zero-order chi connectivity index (χ0) is 20.1. The number of hydrogen-bond donors (Lipinski definition) is 1. The average Bonchev–Trinajstić information content (AvgIpc) is 3.16. The topological polar surface area (TPSA) is 89.4 Å². The first-order chi connectivity index (χ1) is 13.3. The molecule has 0 aliphatic carbocycles. The van der Waals surface area contributed by atoms with Crippen LogP contribution in [0.1, 0.15) is 15.9 Å². The number of halogens is 4. The number of carbonyl (C=O) groups excluding carboxylic acids is 1. The van der Waals surface area contributed by atoms with Crippen molar-refractivity contribution in [2.45, 2.75) is 6.18 Å². The minimum atomic E-state index is -4.49. The molecule has 1 amide bonds. The third-order valence-electron chi connectivity index (χ3n) is 4.15. The van der Waals surface area contributed by atoms with Gasteiger partial charge in [0, 0.05) is 10.4 Å². The second-order valence-electron chi connectivity index (χ2n) is 5.90. The number of alkyl halides is 3. The molecule has 0 saturated heterocycles. The van der Waals surface area contributed by atoms with Crippen molar-refractivity contribution in [1.29, 1.82) is 0 Å². The third kappa shape index (κ3) is 3.02. The van der Waals surface area contributed by atoms with Gasteiger partial charge in [0.1, 0.15) is 0 Å². The summed E-state index contributed by atoms with van der Waals surface area (Å²) >= 11 is 6.01. The Morgan fingerprint density at radius 3 is 2.50 bits per heavy atom. The minimum Gasteiger partial charge on any atom is -0.267 e. The van der Waals surface area contributed by atoms with Gasteiger partial charge in [0.25, 0.3) is 5.91 Å². The number of rotatable bonds is 2. The fourth-order valence-corrected chi connectivity index (χ4v) is 2.94. The van der Waals surface area contributed by atoms with Crippen LogP contribution in [0.25, 0.3) is 16.6 Å². The summed E-state index contributed by atoms with van der Waals surface area (Å²) in [6, 6.07) is 10.4. The van der Waals surface area contributed by atoms with Gasteiger partial charge in [-0.15, -0.1) is 5.10 Å². The number of anilines is 1. The predicted octanol–water partition coefficient (Wildman–Crippen LogP) is 3.47. The van der Waals surface area contributed by atoms with Crippen LogP contribution in [0.5, 0.6) is 0 Å². The van der Waals surface area contributed by atoms with Crippen molar-refractivity contribution in [3.63, 3.8) is 0 Å². The van der Waals surface area contributed by atoms with E-state index in [9.17, 15) is 18.0 Å². The SMILES string of the molecule is NN(C(=O)c1cc2ccc(Cl)cc2n2nnnc12)c1ccc(C(F)(F)F)cc1. The van der Waals surface area contributed by atoms with Crippen molar-refractivity contribution < 1.29 is 18.0 Å². The van der Waals surface area contributed by atoms with E-state index in [1.165, 1.54) is 4.52 Å². The molecule has 0 aliphatic rings. The van der Waals surface area contributed by atoms with Crippen LogP contribution in [-0.4, -0.2) is 25.9 Å². The van der Waals surface area contributed by atoms with E-state index in [1.54, 1.807) is 24.3 Å². The lowest BCUT2D eigenvalue weighted by Gasteiger charge is -2.18. The van der Waals surface area contributed by atoms with E-state index in [1.807, 2.05) is 0 Å². The molecule has 4 rings (SSSR count). The monoisotopic (exact) mass is 406 g/mol. The standard InChI is InChI=1S/C17H10ClF3N6O/c18-11-4-1-9-7-13(15-23-24-25-27(15)14(9)8-11)16(28)26(22)12-5-2-10(3-6-12)17(19,20)21/h1-8H,22H2. The van der Waals surface area contributed by atoms with Gasteiger partial charge >= 0.3 is 6.18 Å². The molecule has 2 N–H and O–H groups in total. The van der Waals surface area contributed by atoms with Crippen LogP contribution < -0.4 is 10.9 Å². The van der Waals surface area contributed by atoms with Gasteiger partial charge in [-0.3, -0.25) is 4.79 Å². The van der Waals surface area contributed by atoms with Crippen LogP contribution >= 0.6 is 11.6 Å². The fraction of sp³-hybridized carbons (Fsp3) is 0.0588. The van der Waals surface area contributed by atoms with Gasteiger partial charge in [-0.1, -0.05) is 17.7 Å². The van der Waals surface area contributed by atoms with Gasteiger partial charge < -0.3 is 0 Å². The largest absolute Gasteiger partial charge is 0.416 e. The Morgan fingerprint density at radius 2 is 1.82 bits per heavy atom. The van der Waals surface area contributed by atoms with Crippen molar-refractivity contribution in [3.8, 4) is 0 Å². The van der Waals surface area contributed by atoms with E-state index in [0.717, 1.165) is 29.3 Å². The summed E-state index contributed by atoms with van der Waals surface area (Å²) in [6.45, 7) is 0. The second-order valence-corrected chi connectivity index (χ2v) is 6.33. The molecule has 0 radical (unpaired) electrons. The van der Waals surface area contributed by atoms with Gasteiger partial charge in [0.2, 0.25) is 0 Å². The number of carbonyl (C=O) groups is 1. The maximum Gasteiger partial charge on any atom is 0.416 e. The number of amides is 1. The van der Waals surface area contributed by atoms with Gasteiger partial charge in [-0.05, 0) is 52.9 Å². The molecule has 4 aromatic rings. The molecule has 0 spiro atoms. The number of fused-ring (bicyclic) bond motifs is 3. The third-order valence-corrected chi connectivity index (χ3v) is 4.39. The summed E-state index contributed by atoms with van der Waals surface area (Å²) < 4.78 is 39.5. The molecule has 2 heterocycles. The van der Waals surface area contributed by atoms with E-state index < -0.39 is 17.6 Å². The smallest absolute Gasteiger partial charge is 0.267 e. The van der Waals surface area contributed by atoms with E-state index in [4.69, 9.17) is 17.4 Å². The first-order valence-electron chi connectivity index (χ1n) is 7.82. The molecule has 0 unspecified atom stereocenters. The van der Waals surface area contributed by atoms with Gasteiger partial charge in [-0.2, -0.15) is 17.7 Å². The Morgan fingerprint density at radius 1 is 1.11 bits per heavy atom. The summed E-state index contributed by atoms with van der Waals surface area (Å²) in [4.78, 5) is 12.9. The summed E-state index contributed by atoms with van der Waals surface area (Å²) in [5.41, 5.74) is 0.0510. The Labute approximate surface area is 160 Å². The minimum absolute atomic E-state index is 0.0832. The normalized spacial score (nSPS) is 11.9. The average molecular weight is 407 g/mol. The van der Waals surface area contributed by atoms with Crippen LogP contribution in [0.3, 0.4) is 0 Å². The van der Waals surface area contributed by atoms with Gasteiger partial charge in [0.15, 0.2) is 5.65 Å². The summed E-state index contributed by atoms with van der Waals surface area (Å²) in [6.07, 6.45) is -4.49. The van der Waals surface area contributed by atoms with E-state index >= 15 is 0 Å². The molecule has 28 heavy (non-hydrogen) atoms. The molecule has 0 atom stereocenters. The second kappa shape index (κ2) is 6.43. The lowest BCUT2D eigenvalue weighted by molar-refractivity contribution is -0.137. The highest BCUT2D eigenvalue weighted by molar-refractivity contribution is 6.31. The summed E-state index contributed by atoms with van der Waals surface area (Å²) in [7, 11) is 0. The fourth-order valence-electron chi connectivity index (χ4n) is 2.78. The molecule has 7 nitrogen and oxygen atoms in total. The highest BCUT2D eigenvalue weighted by Crippen LogP contribution is 2.30. The van der Waals surface area contributed by atoms with Crippen molar-refractivity contribution in [1.82, 2.24) is 20.0 Å². The summed E-state index contributed by atoms with van der Waals surface area (Å²) in [5.74, 6) is 5.18. The Kier molecular flexibility index (Phi) is 4.16. The zero-order valence-electron chi connectivity index (χ0n) is 13.9. The maximum atomic E-state index is 12.9. The zero-order valence-corrected chi connectivity index (χ0v) is 14.6. The number of nitrogens with two attached hydrogens (primary N) is 1. The maximum absolute atomic E-state index is 12.9. The number of aromatic nitrogens is 4. The van der Waals surface area contributed by atoms with Crippen molar-refractivity contribution in [3.05, 3.63) is 64.7 Å². The van der Waals surface area contributed by atoms with Crippen LogP contribution in [0, 0.1) is 0 Å². The number of nitrogens with zero attached hydrogens (tertiary/aromatic N) is 5. The number of hydrazine groups is 1. The molecule has 0 aliphatic heterocycles. The van der Waals surface area contributed by atoms with Crippen molar-refractivity contribution >= 4 is 39.7 Å². The van der Waals surface area contributed by atoms with Crippen LogP contribution in [0.15, 0.2) is 48.5 Å². The van der Waals surface area contributed by atoms with Crippen molar-refractivity contribution in [2.24, 2.45) is 5.84 Å². The Bertz CT molecular complexity index is 1210. The quantitative estimate of drug-likeness (QED) is 0.313. The first-order valence-corrected chi connectivity index (χ1v) is 8.20. The first kappa shape index (κ1) is 18.1. The predicted molar refractivity (Wildman–Crippen MR) is 95.7 cm³/mol. The van der Waals surface area contributed by atoms with Crippen molar-refractivity contribution in [2.75, 3.05) is 5.01 Å². The highest BCUT2D eigenvalue weighted by atomic mass is 35.5. The number of benzene rings is 2. The number of pyridine rings is 1. The molecule has 11 heteroatoms. The van der Waals surface area contributed by atoms with Crippen LogP contribution in [-0.2, 0) is 6.18 Å². The molecule has 0 fully saturated rings. The van der Waals surface area contributed by atoms with E-state index in [0.29, 0.717) is 15.9 Å². The molecule has 0 bridgehead atoms. The van der Waals surface area contributed by atoms with E-state index in [2.05, 4.69) is 15.5 Å². The number of tetrazole rings is 1. The lowest BCUT2D eigenvalue weighted by atomic mass is 10.1. The molecule has 2 aromatic heterocycles. The van der Waals surface area contributed by atoms with E-state index in [-0.39, 0.29) is 16.9 Å².